The number of carbonyl (C=O) groups excluding carboxylic acids is 1. The van der Waals surface area contributed by atoms with Gasteiger partial charge < -0.3 is 89.9 Å². The zero-order valence-electron chi connectivity index (χ0n) is 57.7. The van der Waals surface area contributed by atoms with Crippen LogP contribution in [-0.2, 0) is 33.2 Å². The molecule has 17 atom stereocenters. The predicted molar refractivity (Wildman–Crippen MR) is 365 cm³/mol. The molecule has 93 heavy (non-hydrogen) atoms. The van der Waals surface area contributed by atoms with Gasteiger partial charge in [-0.05, 0) is 70.6 Å². The van der Waals surface area contributed by atoms with Crippen LogP contribution in [0.15, 0.2) is 48.6 Å². The van der Waals surface area contributed by atoms with Crippen LogP contribution in [0, 0.1) is 0 Å². The lowest BCUT2D eigenvalue weighted by molar-refractivity contribution is -0.379. The number of unbranched alkanes of at least 4 members (excludes halogenated alkanes) is 36. The molecule has 19 nitrogen and oxygen atoms in total. The molecular formula is C74H135NO18. The molecule has 3 saturated heterocycles. The van der Waals surface area contributed by atoms with Gasteiger partial charge in [0.2, 0.25) is 5.91 Å². The van der Waals surface area contributed by atoms with Gasteiger partial charge in [0.05, 0.1) is 38.6 Å². The van der Waals surface area contributed by atoms with E-state index in [2.05, 4.69) is 55.6 Å². The van der Waals surface area contributed by atoms with Gasteiger partial charge in [-0.1, -0.05) is 255 Å². The summed E-state index contributed by atoms with van der Waals surface area (Å²) in [6.45, 7) is 1.72. The van der Waals surface area contributed by atoms with E-state index in [0.29, 0.717) is 12.8 Å². The highest BCUT2D eigenvalue weighted by Gasteiger charge is 2.53. The molecule has 0 bridgehead atoms. The number of amides is 1. The first kappa shape index (κ1) is 85.0. The molecule has 0 radical (unpaired) electrons. The number of allylic oxidation sites excluding steroid dienone is 7. The molecule has 3 aliphatic heterocycles. The summed E-state index contributed by atoms with van der Waals surface area (Å²) >= 11 is 0. The van der Waals surface area contributed by atoms with Gasteiger partial charge >= 0.3 is 0 Å². The van der Waals surface area contributed by atoms with Crippen molar-refractivity contribution in [1.29, 1.82) is 0 Å². The van der Waals surface area contributed by atoms with E-state index in [1.807, 2.05) is 6.08 Å². The van der Waals surface area contributed by atoms with E-state index in [1.54, 1.807) is 6.08 Å². The standard InChI is InChI=1S/C74H135NO18/c1-3-5-7-9-11-13-15-17-19-21-22-23-24-25-26-27-28-29-30-31-32-33-34-36-38-40-42-44-46-48-50-52-62(80)75-57(58(79)51-49-47-45-43-41-39-37-35-20-18-16-14-12-10-8-6-4-2)56-88-72-68(86)65(83)70(60(54-77)90-72)93-74-69(87)66(84)71(61(55-78)91-74)92-73-67(85)64(82)63(81)59(53-76)89-73/h20-22,35,41,43,49,51,57-61,63-74,76-79,81-87H,3-19,23-34,36-40,42,44-48,50,52-56H2,1-2H3,(H,75,80)/b22-21-,35-20+,43-41+,51-49+. The smallest absolute Gasteiger partial charge is 0.220 e. The molecule has 0 aliphatic carbocycles. The van der Waals surface area contributed by atoms with Crippen molar-refractivity contribution in [1.82, 2.24) is 5.32 Å². The first-order valence-corrected chi connectivity index (χ1v) is 37.4. The maximum Gasteiger partial charge on any atom is 0.220 e. The summed E-state index contributed by atoms with van der Waals surface area (Å²) in [5.74, 6) is -0.286. The number of hydrogen-bond acceptors (Lipinski definition) is 18. The number of ether oxygens (including phenoxy) is 6. The van der Waals surface area contributed by atoms with Crippen LogP contribution in [0.4, 0.5) is 0 Å². The number of rotatable bonds is 58. The summed E-state index contributed by atoms with van der Waals surface area (Å²) in [6.07, 6.45) is 41.1. The molecule has 0 saturated carbocycles. The van der Waals surface area contributed by atoms with Crippen LogP contribution in [0.25, 0.3) is 0 Å². The molecule has 3 rings (SSSR count). The Morgan fingerprint density at radius 1 is 0.376 bits per heavy atom. The zero-order chi connectivity index (χ0) is 67.5. The van der Waals surface area contributed by atoms with Crippen LogP contribution >= 0.6 is 0 Å². The Morgan fingerprint density at radius 3 is 1.08 bits per heavy atom. The monoisotopic (exact) mass is 1330 g/mol. The third-order valence-corrected chi connectivity index (χ3v) is 18.6. The van der Waals surface area contributed by atoms with Crippen LogP contribution in [0.2, 0.25) is 0 Å². The molecule has 0 spiro atoms. The Kier molecular flexibility index (Phi) is 50.8. The molecule has 17 unspecified atom stereocenters. The molecule has 544 valence electrons. The normalized spacial score (nSPS) is 27.8. The molecular weight excluding hydrogens is 1190 g/mol. The van der Waals surface area contributed by atoms with Crippen molar-refractivity contribution in [3.63, 3.8) is 0 Å². The van der Waals surface area contributed by atoms with Crippen molar-refractivity contribution in [3.05, 3.63) is 48.6 Å². The second-order valence-electron chi connectivity index (χ2n) is 26.7. The fourth-order valence-electron chi connectivity index (χ4n) is 12.5. The minimum Gasteiger partial charge on any atom is -0.394 e. The largest absolute Gasteiger partial charge is 0.394 e. The summed E-state index contributed by atoms with van der Waals surface area (Å²) in [6, 6.07) is -0.996. The lowest BCUT2D eigenvalue weighted by Crippen LogP contribution is -2.66. The second kappa shape index (κ2) is 55.6. The van der Waals surface area contributed by atoms with E-state index in [9.17, 15) is 61.0 Å². The van der Waals surface area contributed by atoms with Crippen LogP contribution in [-0.4, -0.2) is 193 Å². The van der Waals surface area contributed by atoms with Crippen LogP contribution in [0.3, 0.4) is 0 Å². The Labute approximate surface area is 561 Å². The van der Waals surface area contributed by atoms with Crippen molar-refractivity contribution >= 4 is 5.91 Å². The van der Waals surface area contributed by atoms with Gasteiger partial charge in [-0.2, -0.15) is 0 Å². The van der Waals surface area contributed by atoms with Gasteiger partial charge in [0.25, 0.3) is 0 Å². The lowest BCUT2D eigenvalue weighted by Gasteiger charge is -2.48. The van der Waals surface area contributed by atoms with E-state index in [1.165, 1.54) is 205 Å². The first-order valence-electron chi connectivity index (χ1n) is 37.4. The molecule has 19 heteroatoms. The van der Waals surface area contributed by atoms with E-state index in [4.69, 9.17) is 28.4 Å². The molecule has 3 heterocycles. The number of aliphatic hydroxyl groups excluding tert-OH is 11. The highest BCUT2D eigenvalue weighted by Crippen LogP contribution is 2.33. The number of nitrogens with one attached hydrogen (secondary N) is 1. The fourth-order valence-corrected chi connectivity index (χ4v) is 12.5. The summed E-state index contributed by atoms with van der Waals surface area (Å²) in [5.41, 5.74) is 0. The van der Waals surface area contributed by atoms with Gasteiger partial charge in [0.1, 0.15) is 73.2 Å². The van der Waals surface area contributed by atoms with Crippen LogP contribution < -0.4 is 5.32 Å². The molecule has 3 aliphatic rings. The van der Waals surface area contributed by atoms with E-state index < -0.39 is 124 Å². The minimum absolute atomic E-state index is 0.234. The lowest BCUT2D eigenvalue weighted by atomic mass is 9.96. The summed E-state index contributed by atoms with van der Waals surface area (Å²) in [5, 5.41) is 121. The third kappa shape index (κ3) is 37.0. The second-order valence-corrected chi connectivity index (χ2v) is 26.7. The highest BCUT2D eigenvalue weighted by molar-refractivity contribution is 5.76. The third-order valence-electron chi connectivity index (χ3n) is 18.6. The van der Waals surface area contributed by atoms with Gasteiger partial charge in [-0.25, -0.2) is 0 Å². The van der Waals surface area contributed by atoms with Gasteiger partial charge in [-0.3, -0.25) is 4.79 Å². The zero-order valence-corrected chi connectivity index (χ0v) is 57.7. The Bertz CT molecular complexity index is 1870. The summed E-state index contributed by atoms with van der Waals surface area (Å²) in [4.78, 5) is 13.4. The first-order chi connectivity index (χ1) is 45.3. The minimum atomic E-state index is -1.98. The van der Waals surface area contributed by atoms with Gasteiger partial charge in [0.15, 0.2) is 18.9 Å². The average molecular weight is 1330 g/mol. The average Bonchev–Trinajstić information content (AvgIpc) is 0.818. The van der Waals surface area contributed by atoms with Crippen molar-refractivity contribution < 1.29 is 89.4 Å². The van der Waals surface area contributed by atoms with E-state index in [0.717, 1.165) is 44.9 Å². The quantitative estimate of drug-likeness (QED) is 0.0199. The summed E-state index contributed by atoms with van der Waals surface area (Å²) in [7, 11) is 0. The van der Waals surface area contributed by atoms with Gasteiger partial charge in [-0.15, -0.1) is 0 Å². The molecule has 3 fully saturated rings. The van der Waals surface area contributed by atoms with Crippen molar-refractivity contribution in [3.8, 4) is 0 Å². The van der Waals surface area contributed by atoms with E-state index >= 15 is 0 Å². The Hall–Kier alpha value is -2.25. The van der Waals surface area contributed by atoms with Crippen molar-refractivity contribution in [2.24, 2.45) is 0 Å². The van der Waals surface area contributed by atoms with Crippen LogP contribution in [0.5, 0.6) is 0 Å². The number of aliphatic hydroxyl groups is 11. The Balaban J connectivity index is 1.38. The maximum atomic E-state index is 13.4. The molecule has 0 aromatic carbocycles. The fraction of sp³-hybridized carbons (Fsp3) is 0.878. The highest BCUT2D eigenvalue weighted by atomic mass is 16.8. The number of hydrogen-bond donors (Lipinski definition) is 12. The van der Waals surface area contributed by atoms with E-state index in [-0.39, 0.29) is 18.9 Å². The molecule has 1 amide bonds. The predicted octanol–water partition coefficient (Wildman–Crippen LogP) is 10.9. The van der Waals surface area contributed by atoms with Crippen molar-refractivity contribution in [2.75, 3.05) is 26.4 Å². The number of carbonyl (C=O) groups is 1. The van der Waals surface area contributed by atoms with Gasteiger partial charge in [0, 0.05) is 6.42 Å². The van der Waals surface area contributed by atoms with Crippen molar-refractivity contribution in [2.45, 2.75) is 388 Å². The SMILES string of the molecule is CCCCCCCCC/C=C/CC/C=C/CC/C=C/C(O)C(COC1OC(CO)C(OC2OC(CO)C(OC3OC(CO)C(O)C(O)C3O)C(O)C2O)C(O)C1O)NC(=O)CCCCCCCCCCCCCCCCCCCCC/C=C\CCCCCCCCCC. The maximum absolute atomic E-state index is 13.4. The topological polar surface area (TPSA) is 307 Å². The molecule has 12 N–H and O–H groups in total. The summed E-state index contributed by atoms with van der Waals surface area (Å²) < 4.78 is 34.3. The molecule has 0 aromatic rings. The van der Waals surface area contributed by atoms with Crippen LogP contribution in [0.1, 0.15) is 284 Å². The Morgan fingerprint density at radius 2 is 0.688 bits per heavy atom. The molecule has 0 aromatic heterocycles.